The summed E-state index contributed by atoms with van der Waals surface area (Å²) in [5.41, 5.74) is 9.62. The fraction of sp³-hybridized carbons (Fsp3) is 0.619. The largest absolute Gasteiger partial charge is 0.504 e. The van der Waals surface area contributed by atoms with Gasteiger partial charge in [0.1, 0.15) is 18.8 Å². The molecule has 0 saturated heterocycles. The third kappa shape index (κ3) is 10.6. The summed E-state index contributed by atoms with van der Waals surface area (Å²) in [6.07, 6.45) is 8.65. The van der Waals surface area contributed by atoms with E-state index in [-0.39, 0.29) is 61.4 Å². The summed E-state index contributed by atoms with van der Waals surface area (Å²) in [5, 5.41) is 45.9. The van der Waals surface area contributed by atoms with Crippen molar-refractivity contribution in [3.63, 3.8) is 0 Å². The minimum atomic E-state index is -0.710. The number of H-pyrrole nitrogens is 1. The highest BCUT2D eigenvalue weighted by atomic mass is 16.6. The molecule has 1 aromatic heterocycles. The molecular formula is C42H61N3O9. The van der Waals surface area contributed by atoms with E-state index < -0.39 is 36.2 Å². The monoisotopic (exact) mass is 751 g/mol. The molecule has 2 aromatic rings. The fourth-order valence-corrected chi connectivity index (χ4v) is 9.49. The number of phenolic OH excluding ortho intramolecular Hbond substituents is 1. The first-order valence-electron chi connectivity index (χ1n) is 19.6. The van der Waals surface area contributed by atoms with Crippen LogP contribution in [-0.4, -0.2) is 82.0 Å². The molecule has 0 spiro atoms. The van der Waals surface area contributed by atoms with Crippen LogP contribution in [0.4, 0.5) is 0 Å². The number of benzene rings is 1. The Morgan fingerprint density at radius 2 is 1.81 bits per heavy atom. The number of allylic oxidation sites excluding steroid dienone is 2. The number of aryl methyl sites for hydroxylation is 1. The fourth-order valence-electron chi connectivity index (χ4n) is 9.49. The quantitative estimate of drug-likeness (QED) is 0.118. The number of dihydropyridines is 1. The number of aromatic amines is 1. The Labute approximate surface area is 319 Å². The van der Waals surface area contributed by atoms with Crippen molar-refractivity contribution < 1.29 is 44.2 Å². The average molecular weight is 752 g/mol. The van der Waals surface area contributed by atoms with Gasteiger partial charge < -0.3 is 50.7 Å². The van der Waals surface area contributed by atoms with Gasteiger partial charge in [0.25, 0.3) is 0 Å². The third-order valence-corrected chi connectivity index (χ3v) is 11.9. The first-order chi connectivity index (χ1) is 25.9. The van der Waals surface area contributed by atoms with Crippen LogP contribution in [0.5, 0.6) is 11.5 Å². The molecule has 54 heavy (non-hydrogen) atoms. The van der Waals surface area contributed by atoms with Gasteiger partial charge >= 0.3 is 11.9 Å². The van der Waals surface area contributed by atoms with Crippen LogP contribution >= 0.6 is 0 Å². The van der Waals surface area contributed by atoms with E-state index in [1.807, 2.05) is 18.3 Å². The van der Waals surface area contributed by atoms with E-state index in [2.05, 4.69) is 30.2 Å². The molecule has 9 atom stereocenters. The number of aromatic nitrogens is 1. The Morgan fingerprint density at radius 1 is 1.04 bits per heavy atom. The molecule has 12 nitrogen and oxygen atoms in total. The molecule has 2 aliphatic carbocycles. The van der Waals surface area contributed by atoms with Gasteiger partial charge in [-0.3, -0.25) is 9.59 Å². The molecule has 1 aliphatic heterocycles. The van der Waals surface area contributed by atoms with E-state index in [1.54, 1.807) is 18.2 Å². The van der Waals surface area contributed by atoms with Gasteiger partial charge in [-0.2, -0.15) is 0 Å². The van der Waals surface area contributed by atoms with Gasteiger partial charge in [-0.1, -0.05) is 19.9 Å². The number of carbonyl (C=O) groups is 2. The van der Waals surface area contributed by atoms with Crippen LogP contribution in [0.2, 0.25) is 0 Å². The summed E-state index contributed by atoms with van der Waals surface area (Å²) >= 11 is 0. The highest BCUT2D eigenvalue weighted by molar-refractivity contribution is 5.79. The summed E-state index contributed by atoms with van der Waals surface area (Å²) in [6.45, 7) is 7.39. The standard InChI is InChI=1S/C42H61N3O9/c1-24(2)35-17-30(16-33-6-5-10-44-33)37-18-29(35)14-31(15-32(23-47)42(37)51)39(54-26(4)49)21-34(53-25(3)48)8-7-27-19-40(52-13-12-46)38(50)22-36(27)28-9-11-45-41(43)20-28/h5-6,9-10,19-20,22,24,29-32,34-35,37,39,42,44-47,50-51H,7-8,11-18,21,23,43H2,1-4H3/t29-,30+,31+,32+,34-,35+,37+,39-,42-/m1/s1. The highest BCUT2D eigenvalue weighted by Crippen LogP contribution is 2.51. The summed E-state index contributed by atoms with van der Waals surface area (Å²) < 4.78 is 17.7. The number of phenols is 1. The molecule has 2 heterocycles. The Kier molecular flexibility index (Phi) is 14.5. The molecule has 0 amide bonds. The molecule has 2 saturated carbocycles. The minimum absolute atomic E-state index is 0.00368. The number of ether oxygens (including phenoxy) is 3. The SMILES string of the molecule is CC(=O)O[C@H](CCc1cc(OCCO)c(O)cc1C1=CCNC(N)=C1)C[C@@H](OC(C)=O)[C@@H]1C[C@@H](CO)[C@@H](O)[C@H]2C[C@@H](C1)[C@H](C(C)C)C[C@@H]2Cc1ccc[nH]1. The molecule has 0 unspecified atom stereocenters. The number of carbonyl (C=O) groups excluding carboxylic acids is 2. The lowest BCUT2D eigenvalue weighted by Crippen LogP contribution is -2.48. The lowest BCUT2D eigenvalue weighted by Gasteiger charge is -2.50. The van der Waals surface area contributed by atoms with Gasteiger partial charge in [-0.05, 0) is 127 Å². The maximum absolute atomic E-state index is 12.7. The number of aromatic hydroxyl groups is 1. The van der Waals surface area contributed by atoms with E-state index in [4.69, 9.17) is 19.9 Å². The maximum atomic E-state index is 12.7. The second kappa shape index (κ2) is 19.0. The summed E-state index contributed by atoms with van der Waals surface area (Å²) in [7, 11) is 0. The summed E-state index contributed by atoms with van der Waals surface area (Å²) in [4.78, 5) is 28.6. The van der Waals surface area contributed by atoms with Crippen molar-refractivity contribution in [2.24, 2.45) is 47.2 Å². The molecule has 1 aromatic carbocycles. The molecule has 5 rings (SSSR count). The summed E-state index contributed by atoms with van der Waals surface area (Å²) in [6, 6.07) is 7.45. The van der Waals surface area contributed by atoms with Crippen LogP contribution in [-0.2, 0) is 31.9 Å². The molecular weight excluding hydrogens is 690 g/mol. The molecule has 3 aliphatic rings. The van der Waals surface area contributed by atoms with Crippen LogP contribution in [0.25, 0.3) is 5.57 Å². The zero-order valence-electron chi connectivity index (χ0n) is 32.2. The van der Waals surface area contributed by atoms with Gasteiger partial charge in [-0.25, -0.2) is 0 Å². The Hall–Kier alpha value is -4.00. The molecule has 2 bridgehead atoms. The number of aliphatic hydroxyl groups excluding tert-OH is 3. The van der Waals surface area contributed by atoms with Crippen molar-refractivity contribution in [3.05, 3.63) is 65.3 Å². The lowest BCUT2D eigenvalue weighted by molar-refractivity contribution is -0.158. The van der Waals surface area contributed by atoms with Crippen LogP contribution in [0.1, 0.15) is 83.0 Å². The third-order valence-electron chi connectivity index (χ3n) is 11.9. The number of nitrogens with two attached hydrogens (primary N) is 1. The van der Waals surface area contributed by atoms with Crippen LogP contribution in [0, 0.1) is 41.4 Å². The Bertz CT molecular complexity index is 1610. The van der Waals surface area contributed by atoms with Gasteiger partial charge in [-0.15, -0.1) is 0 Å². The molecule has 0 radical (unpaired) electrons. The van der Waals surface area contributed by atoms with Crippen molar-refractivity contribution >= 4 is 17.5 Å². The van der Waals surface area contributed by atoms with Gasteiger partial charge in [0.2, 0.25) is 0 Å². The van der Waals surface area contributed by atoms with Crippen molar-refractivity contribution in [3.8, 4) is 11.5 Å². The number of hydrogen-bond acceptors (Lipinski definition) is 11. The van der Waals surface area contributed by atoms with E-state index in [1.165, 1.54) is 13.8 Å². The number of hydrogen-bond donors (Lipinski definition) is 7. The number of nitrogens with one attached hydrogen (secondary N) is 2. The highest BCUT2D eigenvalue weighted by Gasteiger charge is 2.47. The van der Waals surface area contributed by atoms with E-state index in [0.717, 1.165) is 48.1 Å². The second-order valence-electron chi connectivity index (χ2n) is 16.0. The minimum Gasteiger partial charge on any atom is -0.504 e. The van der Waals surface area contributed by atoms with Crippen molar-refractivity contribution in [2.45, 2.75) is 97.4 Å². The predicted molar refractivity (Wildman–Crippen MR) is 205 cm³/mol. The summed E-state index contributed by atoms with van der Waals surface area (Å²) in [5.74, 6) is 0.589. The molecule has 12 heteroatoms. The van der Waals surface area contributed by atoms with Crippen LogP contribution in [0.3, 0.4) is 0 Å². The molecule has 298 valence electrons. The smallest absolute Gasteiger partial charge is 0.302 e. The topological polar surface area (TPSA) is 197 Å². The Balaban J connectivity index is 1.42. The zero-order valence-corrected chi connectivity index (χ0v) is 32.2. The van der Waals surface area contributed by atoms with E-state index in [9.17, 15) is 30.0 Å². The maximum Gasteiger partial charge on any atom is 0.302 e. The predicted octanol–water partition coefficient (Wildman–Crippen LogP) is 4.60. The normalized spacial score (nSPS) is 26.7. The molecule has 8 N–H and O–H groups in total. The number of rotatable bonds is 16. The van der Waals surface area contributed by atoms with Gasteiger partial charge in [0, 0.05) is 51.2 Å². The van der Waals surface area contributed by atoms with Crippen molar-refractivity contribution in [1.29, 1.82) is 0 Å². The first-order valence-corrected chi connectivity index (χ1v) is 19.6. The van der Waals surface area contributed by atoms with Crippen LogP contribution in [0.15, 0.2) is 48.4 Å². The number of fused-ring (bicyclic) bond motifs is 2. The van der Waals surface area contributed by atoms with E-state index in [0.29, 0.717) is 43.5 Å². The first kappa shape index (κ1) is 41.2. The van der Waals surface area contributed by atoms with E-state index >= 15 is 0 Å². The number of esters is 2. The van der Waals surface area contributed by atoms with Crippen molar-refractivity contribution in [2.75, 3.05) is 26.4 Å². The zero-order chi connectivity index (χ0) is 38.9. The number of aliphatic hydroxyl groups is 3. The van der Waals surface area contributed by atoms with Gasteiger partial charge in [0.05, 0.1) is 18.5 Å². The molecule has 2 fully saturated rings. The van der Waals surface area contributed by atoms with Crippen LogP contribution < -0.4 is 15.8 Å². The lowest BCUT2D eigenvalue weighted by atomic mass is 9.57. The average Bonchev–Trinajstić information content (AvgIpc) is 3.63. The Morgan fingerprint density at radius 3 is 2.46 bits per heavy atom. The van der Waals surface area contributed by atoms with Crippen molar-refractivity contribution in [1.82, 2.24) is 10.3 Å². The second-order valence-corrected chi connectivity index (χ2v) is 16.0. The van der Waals surface area contributed by atoms with Gasteiger partial charge in [0.15, 0.2) is 11.5 Å².